The molecule has 1 saturated carbocycles. The molecule has 0 saturated heterocycles. The van der Waals surface area contributed by atoms with Gasteiger partial charge < -0.3 is 4.74 Å². The number of carbonyl (C=O) groups is 2. The molecular formula is C19H23NO3. The third-order valence-corrected chi connectivity index (χ3v) is 5.06. The average molecular weight is 313 g/mol. The van der Waals surface area contributed by atoms with Gasteiger partial charge >= 0.3 is 0 Å². The van der Waals surface area contributed by atoms with Gasteiger partial charge in [-0.2, -0.15) is 0 Å². The van der Waals surface area contributed by atoms with Crippen molar-refractivity contribution in [2.45, 2.75) is 52.4 Å². The van der Waals surface area contributed by atoms with E-state index < -0.39 is 5.41 Å². The second-order valence-electron chi connectivity index (χ2n) is 6.58. The lowest BCUT2D eigenvalue weighted by Crippen LogP contribution is -2.28. The van der Waals surface area contributed by atoms with Crippen LogP contribution in [0.25, 0.3) is 5.57 Å². The van der Waals surface area contributed by atoms with Crippen LogP contribution in [-0.4, -0.2) is 23.2 Å². The van der Waals surface area contributed by atoms with Crippen LogP contribution in [0.3, 0.4) is 0 Å². The van der Waals surface area contributed by atoms with E-state index in [1.165, 1.54) is 11.1 Å². The van der Waals surface area contributed by atoms with Crippen LogP contribution < -0.4 is 4.74 Å². The smallest absolute Gasteiger partial charge is 0.213 e. The van der Waals surface area contributed by atoms with Crippen LogP contribution in [0.1, 0.15) is 57.1 Å². The summed E-state index contributed by atoms with van der Waals surface area (Å²) in [6, 6.07) is 2.01. The Labute approximate surface area is 136 Å². The van der Waals surface area contributed by atoms with E-state index in [2.05, 4.69) is 11.1 Å². The van der Waals surface area contributed by atoms with Gasteiger partial charge in [0.15, 0.2) is 0 Å². The molecule has 0 atom stereocenters. The number of hydrogen-bond donors (Lipinski definition) is 0. The molecule has 4 heteroatoms. The van der Waals surface area contributed by atoms with E-state index in [9.17, 15) is 9.59 Å². The molecule has 2 aliphatic rings. The second kappa shape index (κ2) is 6.26. The molecule has 2 aliphatic carbocycles. The molecule has 1 aromatic rings. The van der Waals surface area contributed by atoms with Gasteiger partial charge in [0.1, 0.15) is 11.6 Å². The summed E-state index contributed by atoms with van der Waals surface area (Å²) in [7, 11) is 0. The molecule has 0 unspecified atom stereocenters. The van der Waals surface area contributed by atoms with Crippen LogP contribution in [0.2, 0.25) is 0 Å². The van der Waals surface area contributed by atoms with Crippen molar-refractivity contribution in [3.63, 3.8) is 0 Å². The Morgan fingerprint density at radius 1 is 1.22 bits per heavy atom. The number of carbonyl (C=O) groups excluding carboxylic acids is 2. The lowest BCUT2D eigenvalue weighted by Gasteiger charge is -2.22. The first-order valence-electron chi connectivity index (χ1n) is 8.42. The molecule has 0 spiro atoms. The zero-order chi connectivity index (χ0) is 16.4. The van der Waals surface area contributed by atoms with Crippen molar-refractivity contribution >= 4 is 17.1 Å². The summed E-state index contributed by atoms with van der Waals surface area (Å²) in [6.45, 7) is 4.35. The fourth-order valence-corrected chi connectivity index (χ4v) is 3.50. The quantitative estimate of drug-likeness (QED) is 0.798. The zero-order valence-corrected chi connectivity index (χ0v) is 13.9. The fraction of sp³-hybridized carbons (Fsp3) is 0.526. The largest absolute Gasteiger partial charge is 0.478 e. The summed E-state index contributed by atoms with van der Waals surface area (Å²) >= 11 is 0. The number of hydrogen-bond acceptors (Lipinski definition) is 4. The monoisotopic (exact) mass is 313 g/mol. The lowest BCUT2D eigenvalue weighted by molar-refractivity contribution is -0.133. The molecular weight excluding hydrogens is 290 g/mol. The summed E-state index contributed by atoms with van der Waals surface area (Å²) in [4.78, 5) is 28.5. The van der Waals surface area contributed by atoms with E-state index in [1.807, 2.05) is 19.2 Å². The molecule has 4 nitrogen and oxygen atoms in total. The van der Waals surface area contributed by atoms with Gasteiger partial charge in [-0.3, -0.25) is 9.59 Å². The number of rotatable bonds is 4. The van der Waals surface area contributed by atoms with Gasteiger partial charge in [0.25, 0.3) is 0 Å². The molecule has 23 heavy (non-hydrogen) atoms. The number of aromatic nitrogens is 1. The van der Waals surface area contributed by atoms with Gasteiger partial charge in [-0.05, 0) is 56.2 Å². The van der Waals surface area contributed by atoms with Gasteiger partial charge in [0.2, 0.25) is 5.88 Å². The van der Waals surface area contributed by atoms with Gasteiger partial charge in [-0.25, -0.2) is 4.98 Å². The molecule has 3 rings (SSSR count). The predicted molar refractivity (Wildman–Crippen MR) is 88.3 cm³/mol. The maximum atomic E-state index is 12.1. The minimum Gasteiger partial charge on any atom is -0.478 e. The normalized spacial score (nSPS) is 21.6. The van der Waals surface area contributed by atoms with Gasteiger partial charge in [0.05, 0.1) is 12.0 Å². The highest BCUT2D eigenvalue weighted by Gasteiger charge is 2.44. The fourth-order valence-electron chi connectivity index (χ4n) is 3.50. The van der Waals surface area contributed by atoms with Crippen LogP contribution in [0.15, 0.2) is 18.3 Å². The van der Waals surface area contributed by atoms with E-state index in [0.717, 1.165) is 24.8 Å². The zero-order valence-electron chi connectivity index (χ0n) is 13.9. The Hall–Kier alpha value is -1.97. The Balaban J connectivity index is 1.85. The Morgan fingerprint density at radius 2 is 1.96 bits per heavy atom. The van der Waals surface area contributed by atoms with Crippen molar-refractivity contribution in [3.05, 3.63) is 29.5 Å². The van der Waals surface area contributed by atoms with Crippen molar-refractivity contribution in [2.24, 2.45) is 5.41 Å². The highest BCUT2D eigenvalue weighted by Crippen LogP contribution is 2.38. The highest BCUT2D eigenvalue weighted by atomic mass is 16.5. The maximum absolute atomic E-state index is 12.1. The Kier molecular flexibility index (Phi) is 4.33. The van der Waals surface area contributed by atoms with E-state index in [-0.39, 0.29) is 11.6 Å². The van der Waals surface area contributed by atoms with Crippen LogP contribution in [0, 0.1) is 5.41 Å². The number of Topliss-reactive ketones (excluding diaryl/α,β-unsaturated/α-hetero) is 2. The van der Waals surface area contributed by atoms with Crippen LogP contribution in [0.5, 0.6) is 5.88 Å². The number of aryl methyl sites for hydroxylation is 1. The molecule has 0 N–H and O–H groups in total. The standard InChI is InChI=1S/C19H23NO3/c1-3-23-18-11-14-6-4-5-13(15(14)12-20-18)9-10-19(2)16(21)7-8-17(19)22/h9,11-12H,3-8,10H2,1-2H3. The molecule has 0 aliphatic heterocycles. The van der Waals surface area contributed by atoms with Gasteiger partial charge in [-0.1, -0.05) is 6.08 Å². The third kappa shape index (κ3) is 2.94. The van der Waals surface area contributed by atoms with E-state index in [4.69, 9.17) is 4.74 Å². The predicted octanol–water partition coefficient (Wildman–Crippen LogP) is 3.53. The van der Waals surface area contributed by atoms with Crippen LogP contribution in [-0.2, 0) is 16.0 Å². The number of pyridine rings is 1. The van der Waals surface area contributed by atoms with Gasteiger partial charge in [-0.15, -0.1) is 0 Å². The molecule has 0 amide bonds. The first-order valence-corrected chi connectivity index (χ1v) is 8.42. The molecule has 0 bridgehead atoms. The number of fused-ring (bicyclic) bond motifs is 1. The number of nitrogens with zero attached hydrogens (tertiary/aromatic N) is 1. The van der Waals surface area contributed by atoms with Crippen molar-refractivity contribution in [1.29, 1.82) is 0 Å². The summed E-state index contributed by atoms with van der Waals surface area (Å²) in [5.41, 5.74) is 2.77. The second-order valence-corrected chi connectivity index (χ2v) is 6.58. The summed E-state index contributed by atoms with van der Waals surface area (Å²) in [6.07, 6.45) is 8.32. The van der Waals surface area contributed by atoms with Gasteiger partial charge in [0, 0.05) is 25.1 Å². The summed E-state index contributed by atoms with van der Waals surface area (Å²) in [5.74, 6) is 0.834. The van der Waals surface area contributed by atoms with Crippen molar-refractivity contribution < 1.29 is 14.3 Å². The van der Waals surface area contributed by atoms with E-state index >= 15 is 0 Å². The maximum Gasteiger partial charge on any atom is 0.213 e. The van der Waals surface area contributed by atoms with Crippen molar-refractivity contribution in [2.75, 3.05) is 6.61 Å². The van der Waals surface area contributed by atoms with E-state index in [0.29, 0.717) is 31.7 Å². The Morgan fingerprint density at radius 3 is 2.65 bits per heavy atom. The molecule has 1 heterocycles. The summed E-state index contributed by atoms with van der Waals surface area (Å²) < 4.78 is 5.47. The van der Waals surface area contributed by atoms with Crippen molar-refractivity contribution in [3.8, 4) is 5.88 Å². The Bertz CT molecular complexity index is 659. The number of ketones is 2. The third-order valence-electron chi connectivity index (χ3n) is 5.06. The minimum atomic E-state index is -0.816. The summed E-state index contributed by atoms with van der Waals surface area (Å²) in [5, 5.41) is 0. The molecule has 0 aromatic carbocycles. The number of ether oxygens (including phenoxy) is 1. The van der Waals surface area contributed by atoms with Crippen LogP contribution >= 0.6 is 0 Å². The average Bonchev–Trinajstić information content (AvgIpc) is 2.81. The minimum absolute atomic E-state index is 0.0835. The molecule has 1 fully saturated rings. The topological polar surface area (TPSA) is 56.3 Å². The SMILES string of the molecule is CCOc1cc2c(cn1)C(=CCC1(C)C(=O)CCC1=O)CCC2. The van der Waals surface area contributed by atoms with E-state index in [1.54, 1.807) is 6.92 Å². The molecule has 1 aromatic heterocycles. The highest BCUT2D eigenvalue weighted by molar-refractivity contribution is 6.12. The van der Waals surface area contributed by atoms with Crippen LogP contribution in [0.4, 0.5) is 0 Å². The first kappa shape index (κ1) is 15.9. The molecule has 0 radical (unpaired) electrons. The number of allylic oxidation sites excluding steroid dienone is 2. The lowest BCUT2D eigenvalue weighted by atomic mass is 9.80. The molecule has 122 valence electrons. The van der Waals surface area contributed by atoms with Crippen molar-refractivity contribution in [1.82, 2.24) is 4.98 Å². The first-order chi connectivity index (χ1) is 11.0.